The molecule has 5 heteroatoms. The first-order valence-electron chi connectivity index (χ1n) is 5.15. The van der Waals surface area contributed by atoms with Gasteiger partial charge in [-0.05, 0) is 25.1 Å². The van der Waals surface area contributed by atoms with Crippen LogP contribution in [-0.2, 0) is 6.54 Å². The normalized spacial score (nSPS) is 10.3. The number of pyridine rings is 2. The van der Waals surface area contributed by atoms with E-state index in [2.05, 4.69) is 9.97 Å². The molecule has 0 saturated carbocycles. The third-order valence-corrected chi connectivity index (χ3v) is 2.54. The highest BCUT2D eigenvalue weighted by atomic mass is 35.5. The van der Waals surface area contributed by atoms with Crippen LogP contribution in [0.15, 0.2) is 30.5 Å². The minimum absolute atomic E-state index is 0.280. The molecule has 0 aliphatic rings. The van der Waals surface area contributed by atoms with Gasteiger partial charge in [0.1, 0.15) is 5.75 Å². The van der Waals surface area contributed by atoms with Crippen molar-refractivity contribution in [3.8, 4) is 11.6 Å². The summed E-state index contributed by atoms with van der Waals surface area (Å²) in [4.78, 5) is 8.33. The molecule has 2 rings (SSSR count). The number of ether oxygens (including phenoxy) is 1. The van der Waals surface area contributed by atoms with Gasteiger partial charge in [-0.15, -0.1) is 0 Å². The second kappa shape index (κ2) is 5.12. The summed E-state index contributed by atoms with van der Waals surface area (Å²) in [6, 6.07) is 7.12. The van der Waals surface area contributed by atoms with Crippen molar-refractivity contribution in [3.05, 3.63) is 46.9 Å². The molecule has 0 atom stereocenters. The van der Waals surface area contributed by atoms with Crippen LogP contribution in [-0.4, -0.2) is 9.97 Å². The quantitative estimate of drug-likeness (QED) is 0.909. The second-order valence-corrected chi connectivity index (χ2v) is 3.93. The minimum Gasteiger partial charge on any atom is -0.437 e. The van der Waals surface area contributed by atoms with Crippen LogP contribution in [0, 0.1) is 6.92 Å². The van der Waals surface area contributed by atoms with Crippen molar-refractivity contribution in [1.29, 1.82) is 0 Å². The molecule has 2 heterocycles. The van der Waals surface area contributed by atoms with Gasteiger partial charge in [0.05, 0.1) is 16.9 Å². The lowest BCUT2D eigenvalue weighted by Crippen LogP contribution is -2.01. The van der Waals surface area contributed by atoms with Gasteiger partial charge in [-0.3, -0.25) is 4.98 Å². The Bertz CT molecular complexity index is 514. The lowest BCUT2D eigenvalue weighted by Gasteiger charge is -2.06. The average molecular weight is 250 g/mol. The number of rotatable bonds is 3. The second-order valence-electron chi connectivity index (χ2n) is 3.52. The van der Waals surface area contributed by atoms with E-state index in [1.165, 1.54) is 0 Å². The smallest absolute Gasteiger partial charge is 0.219 e. The zero-order chi connectivity index (χ0) is 12.3. The highest BCUT2D eigenvalue weighted by molar-refractivity contribution is 6.31. The molecule has 0 radical (unpaired) electrons. The van der Waals surface area contributed by atoms with Crippen LogP contribution in [0.3, 0.4) is 0 Å². The summed E-state index contributed by atoms with van der Waals surface area (Å²) in [5.74, 6) is 1.09. The van der Waals surface area contributed by atoms with E-state index in [4.69, 9.17) is 22.1 Å². The third kappa shape index (κ3) is 2.93. The molecule has 0 aliphatic carbocycles. The Balaban J connectivity index is 2.21. The third-order valence-electron chi connectivity index (χ3n) is 2.19. The van der Waals surface area contributed by atoms with E-state index in [0.717, 1.165) is 5.69 Å². The Morgan fingerprint density at radius 2 is 2.12 bits per heavy atom. The first kappa shape index (κ1) is 11.8. The van der Waals surface area contributed by atoms with Crippen molar-refractivity contribution in [1.82, 2.24) is 9.97 Å². The van der Waals surface area contributed by atoms with Crippen LogP contribution in [0.1, 0.15) is 11.4 Å². The SMILES string of the molecule is Cc1ccc(Oc2ccc(Cl)c(CN)n2)cn1. The van der Waals surface area contributed by atoms with E-state index in [9.17, 15) is 0 Å². The highest BCUT2D eigenvalue weighted by Crippen LogP contribution is 2.22. The average Bonchev–Trinajstić information content (AvgIpc) is 2.34. The van der Waals surface area contributed by atoms with Gasteiger partial charge in [0.15, 0.2) is 0 Å². The monoisotopic (exact) mass is 249 g/mol. The minimum atomic E-state index is 0.280. The van der Waals surface area contributed by atoms with Crippen LogP contribution in [0.5, 0.6) is 11.6 Å². The number of aromatic nitrogens is 2. The first-order chi connectivity index (χ1) is 8.19. The highest BCUT2D eigenvalue weighted by Gasteiger charge is 2.04. The van der Waals surface area contributed by atoms with Gasteiger partial charge in [-0.2, -0.15) is 0 Å². The molecular formula is C12H12ClN3O. The fourth-order valence-electron chi connectivity index (χ4n) is 1.30. The van der Waals surface area contributed by atoms with Crippen molar-refractivity contribution >= 4 is 11.6 Å². The molecule has 0 aromatic carbocycles. The number of hydrogen-bond donors (Lipinski definition) is 1. The van der Waals surface area contributed by atoms with Crippen molar-refractivity contribution < 1.29 is 4.74 Å². The fraction of sp³-hybridized carbons (Fsp3) is 0.167. The number of hydrogen-bond acceptors (Lipinski definition) is 4. The topological polar surface area (TPSA) is 61.0 Å². The molecule has 2 N–H and O–H groups in total. The first-order valence-corrected chi connectivity index (χ1v) is 5.53. The zero-order valence-electron chi connectivity index (χ0n) is 9.35. The molecule has 2 aromatic rings. The van der Waals surface area contributed by atoms with E-state index in [-0.39, 0.29) is 6.54 Å². The Kier molecular flexibility index (Phi) is 3.56. The summed E-state index contributed by atoms with van der Waals surface area (Å²) in [6.45, 7) is 2.19. The van der Waals surface area contributed by atoms with Gasteiger partial charge in [0.25, 0.3) is 0 Å². The summed E-state index contributed by atoms with van der Waals surface area (Å²) in [5.41, 5.74) is 7.07. The van der Waals surface area contributed by atoms with Crippen LogP contribution in [0.2, 0.25) is 5.02 Å². The molecule has 4 nitrogen and oxygen atoms in total. The van der Waals surface area contributed by atoms with Gasteiger partial charge in [0, 0.05) is 18.3 Å². The largest absolute Gasteiger partial charge is 0.437 e. The summed E-state index contributed by atoms with van der Waals surface area (Å²) < 4.78 is 5.54. The fourth-order valence-corrected chi connectivity index (χ4v) is 1.48. The maximum atomic E-state index is 5.91. The zero-order valence-corrected chi connectivity index (χ0v) is 10.1. The molecule has 0 spiro atoms. The van der Waals surface area contributed by atoms with Crippen LogP contribution >= 0.6 is 11.6 Å². The summed E-state index contributed by atoms with van der Waals surface area (Å²) in [6.07, 6.45) is 1.65. The molecule has 88 valence electrons. The molecule has 0 saturated heterocycles. The number of halogens is 1. The van der Waals surface area contributed by atoms with E-state index in [1.54, 1.807) is 18.3 Å². The van der Waals surface area contributed by atoms with E-state index >= 15 is 0 Å². The Morgan fingerprint density at radius 3 is 2.76 bits per heavy atom. The summed E-state index contributed by atoms with van der Waals surface area (Å²) in [7, 11) is 0. The van der Waals surface area contributed by atoms with Gasteiger partial charge in [-0.1, -0.05) is 11.6 Å². The number of nitrogens with zero attached hydrogens (tertiary/aromatic N) is 2. The summed E-state index contributed by atoms with van der Waals surface area (Å²) in [5, 5.41) is 0.543. The van der Waals surface area contributed by atoms with E-state index < -0.39 is 0 Å². The Labute approximate surface area is 104 Å². The van der Waals surface area contributed by atoms with Crippen molar-refractivity contribution in [2.75, 3.05) is 0 Å². The molecule has 2 aromatic heterocycles. The van der Waals surface area contributed by atoms with Crippen LogP contribution in [0.25, 0.3) is 0 Å². The van der Waals surface area contributed by atoms with Gasteiger partial charge < -0.3 is 10.5 Å². The molecule has 17 heavy (non-hydrogen) atoms. The van der Waals surface area contributed by atoms with Crippen LogP contribution in [0.4, 0.5) is 0 Å². The maximum absolute atomic E-state index is 5.91. The summed E-state index contributed by atoms with van der Waals surface area (Å²) >= 11 is 5.91. The van der Waals surface area contributed by atoms with Crippen LogP contribution < -0.4 is 10.5 Å². The van der Waals surface area contributed by atoms with Crippen molar-refractivity contribution in [2.45, 2.75) is 13.5 Å². The van der Waals surface area contributed by atoms with Crippen molar-refractivity contribution in [3.63, 3.8) is 0 Å². The molecule has 0 bridgehead atoms. The lowest BCUT2D eigenvalue weighted by molar-refractivity contribution is 0.458. The van der Waals surface area contributed by atoms with E-state index in [1.807, 2.05) is 19.1 Å². The maximum Gasteiger partial charge on any atom is 0.219 e. The lowest BCUT2D eigenvalue weighted by atomic mass is 10.3. The molecule has 0 amide bonds. The van der Waals surface area contributed by atoms with Crippen molar-refractivity contribution in [2.24, 2.45) is 5.73 Å². The standard InChI is InChI=1S/C12H12ClN3O/c1-8-2-3-9(7-15-8)17-12-5-4-10(13)11(6-14)16-12/h2-5,7H,6,14H2,1H3. The van der Waals surface area contributed by atoms with Gasteiger partial charge >= 0.3 is 0 Å². The van der Waals surface area contributed by atoms with E-state index in [0.29, 0.717) is 22.3 Å². The number of nitrogens with two attached hydrogens (primary N) is 1. The molecule has 0 fully saturated rings. The molecular weight excluding hydrogens is 238 g/mol. The molecule has 0 unspecified atom stereocenters. The molecule has 0 aliphatic heterocycles. The van der Waals surface area contributed by atoms with Gasteiger partial charge in [0.2, 0.25) is 5.88 Å². The predicted molar refractivity (Wildman–Crippen MR) is 66.2 cm³/mol. The van der Waals surface area contributed by atoms with Gasteiger partial charge in [-0.25, -0.2) is 4.98 Å². The number of aryl methyl sites for hydroxylation is 1. The predicted octanol–water partition coefficient (Wildman–Crippen LogP) is 2.69. The Hall–Kier alpha value is -1.65. The Morgan fingerprint density at radius 1 is 1.29 bits per heavy atom.